The van der Waals surface area contributed by atoms with Gasteiger partial charge in [-0.3, -0.25) is 4.90 Å². The molecule has 2 unspecified atom stereocenters. The smallest absolute Gasteiger partial charge is 0.152 e. The largest absolute Gasteiger partial charge is 0.329 e. The van der Waals surface area contributed by atoms with Gasteiger partial charge in [-0.15, -0.1) is 0 Å². The Morgan fingerprint density at radius 3 is 2.15 bits per heavy atom. The van der Waals surface area contributed by atoms with Crippen LogP contribution in [0.3, 0.4) is 0 Å². The van der Waals surface area contributed by atoms with Crippen LogP contribution in [0.2, 0.25) is 0 Å². The van der Waals surface area contributed by atoms with Crippen molar-refractivity contribution in [2.24, 2.45) is 5.73 Å². The van der Waals surface area contributed by atoms with E-state index in [0.717, 1.165) is 58.0 Å². The van der Waals surface area contributed by atoms with E-state index < -0.39 is 9.84 Å². The highest BCUT2D eigenvalue weighted by Gasteiger charge is 2.50. The average molecular weight is 304 g/mol. The van der Waals surface area contributed by atoms with Gasteiger partial charge < -0.3 is 5.73 Å². The van der Waals surface area contributed by atoms with Crippen molar-refractivity contribution < 1.29 is 8.42 Å². The summed E-state index contributed by atoms with van der Waals surface area (Å²) in [4.78, 5) is 2.40. The molecule has 0 heterocycles. The van der Waals surface area contributed by atoms with Gasteiger partial charge in [0.05, 0.1) is 5.25 Å². The standard InChI is InChI=1S/C15H32N2O2S/c1-4-6-11-17(12-7-5-2)15(13-16)10-8-9-14(15)20(3,18)19/h14H,4-13,16H2,1-3H3. The Morgan fingerprint density at radius 2 is 1.75 bits per heavy atom. The zero-order chi connectivity index (χ0) is 15.2. The summed E-state index contributed by atoms with van der Waals surface area (Å²) in [7, 11) is -3.04. The van der Waals surface area contributed by atoms with Crippen molar-refractivity contribution in [1.82, 2.24) is 4.90 Å². The quantitative estimate of drug-likeness (QED) is 0.709. The monoisotopic (exact) mass is 304 g/mol. The highest BCUT2D eigenvalue weighted by Crippen LogP contribution is 2.39. The SMILES string of the molecule is CCCCN(CCCC)C1(CN)CCCC1S(C)(=O)=O. The first-order valence-corrected chi connectivity index (χ1v) is 10.0. The molecule has 1 saturated carbocycles. The third-order valence-corrected chi connectivity index (χ3v) is 6.45. The van der Waals surface area contributed by atoms with Crippen LogP contribution in [0.5, 0.6) is 0 Å². The minimum Gasteiger partial charge on any atom is -0.329 e. The molecule has 0 aromatic rings. The molecular formula is C15H32N2O2S. The van der Waals surface area contributed by atoms with Gasteiger partial charge in [-0.1, -0.05) is 33.1 Å². The molecule has 4 nitrogen and oxygen atoms in total. The zero-order valence-corrected chi connectivity index (χ0v) is 14.2. The van der Waals surface area contributed by atoms with E-state index in [0.29, 0.717) is 6.54 Å². The van der Waals surface area contributed by atoms with Gasteiger partial charge in [-0.25, -0.2) is 8.42 Å². The molecule has 1 rings (SSSR count). The van der Waals surface area contributed by atoms with Crippen LogP contribution in [0.15, 0.2) is 0 Å². The maximum absolute atomic E-state index is 12.2. The third-order valence-electron chi connectivity index (χ3n) is 4.74. The fourth-order valence-electron chi connectivity index (χ4n) is 3.62. The zero-order valence-electron chi connectivity index (χ0n) is 13.4. The minimum atomic E-state index is -3.04. The van der Waals surface area contributed by atoms with Crippen LogP contribution in [0.25, 0.3) is 0 Å². The summed E-state index contributed by atoms with van der Waals surface area (Å²) in [6.07, 6.45) is 8.54. The summed E-state index contributed by atoms with van der Waals surface area (Å²) in [6.45, 7) is 6.75. The molecule has 1 fully saturated rings. The summed E-state index contributed by atoms with van der Waals surface area (Å²) >= 11 is 0. The van der Waals surface area contributed by atoms with Gasteiger partial charge in [0.15, 0.2) is 9.84 Å². The first kappa shape index (κ1) is 17.9. The van der Waals surface area contributed by atoms with E-state index in [1.165, 1.54) is 6.26 Å². The molecule has 0 saturated heterocycles. The second kappa shape index (κ2) is 7.76. The molecule has 0 aromatic heterocycles. The van der Waals surface area contributed by atoms with E-state index in [4.69, 9.17) is 5.73 Å². The molecule has 0 aromatic carbocycles. The fraction of sp³-hybridized carbons (Fsp3) is 1.00. The minimum absolute atomic E-state index is 0.284. The average Bonchev–Trinajstić information content (AvgIpc) is 2.84. The maximum Gasteiger partial charge on any atom is 0.152 e. The van der Waals surface area contributed by atoms with Crippen LogP contribution in [0.4, 0.5) is 0 Å². The highest BCUT2D eigenvalue weighted by atomic mass is 32.2. The van der Waals surface area contributed by atoms with Crippen molar-refractivity contribution in [2.45, 2.75) is 69.6 Å². The van der Waals surface area contributed by atoms with E-state index in [1.807, 2.05) is 0 Å². The number of sulfone groups is 1. The van der Waals surface area contributed by atoms with Crippen molar-refractivity contribution in [1.29, 1.82) is 0 Å². The predicted octanol–water partition coefficient (Wildman–Crippen LogP) is 2.18. The van der Waals surface area contributed by atoms with Crippen LogP contribution in [-0.2, 0) is 9.84 Å². The highest BCUT2D eigenvalue weighted by molar-refractivity contribution is 7.91. The predicted molar refractivity (Wildman–Crippen MR) is 85.7 cm³/mol. The summed E-state index contributed by atoms with van der Waals surface area (Å²) in [5, 5.41) is -0.284. The molecule has 1 aliphatic carbocycles. The van der Waals surface area contributed by atoms with E-state index in [-0.39, 0.29) is 10.8 Å². The van der Waals surface area contributed by atoms with E-state index >= 15 is 0 Å². The van der Waals surface area contributed by atoms with Gasteiger partial charge in [0.2, 0.25) is 0 Å². The molecule has 2 N–H and O–H groups in total. The molecule has 2 atom stereocenters. The first-order valence-electron chi connectivity index (χ1n) is 8.06. The molecule has 0 spiro atoms. The van der Waals surface area contributed by atoms with Gasteiger partial charge in [-0.2, -0.15) is 0 Å². The molecule has 1 aliphatic rings. The molecule has 0 amide bonds. The van der Waals surface area contributed by atoms with Gasteiger partial charge in [0, 0.05) is 18.3 Å². The molecule has 20 heavy (non-hydrogen) atoms. The molecular weight excluding hydrogens is 272 g/mol. The van der Waals surface area contributed by atoms with Crippen molar-refractivity contribution in [3.63, 3.8) is 0 Å². The van der Waals surface area contributed by atoms with Gasteiger partial charge in [0.25, 0.3) is 0 Å². The van der Waals surface area contributed by atoms with Crippen LogP contribution >= 0.6 is 0 Å². The second-order valence-corrected chi connectivity index (χ2v) is 8.44. The first-order chi connectivity index (χ1) is 9.42. The molecule has 0 radical (unpaired) electrons. The van der Waals surface area contributed by atoms with Gasteiger partial charge in [0.1, 0.15) is 0 Å². The lowest BCUT2D eigenvalue weighted by Crippen LogP contribution is -2.61. The topological polar surface area (TPSA) is 63.4 Å². The van der Waals surface area contributed by atoms with Crippen molar-refractivity contribution in [3.8, 4) is 0 Å². The Bertz CT molecular complexity index is 375. The van der Waals surface area contributed by atoms with E-state index in [9.17, 15) is 8.42 Å². The van der Waals surface area contributed by atoms with Crippen molar-refractivity contribution >= 4 is 9.84 Å². The number of hydrogen-bond donors (Lipinski definition) is 1. The number of nitrogens with two attached hydrogens (primary N) is 1. The summed E-state index contributed by atoms with van der Waals surface area (Å²) in [5.41, 5.74) is 5.77. The third kappa shape index (κ3) is 3.95. The van der Waals surface area contributed by atoms with Crippen molar-refractivity contribution in [2.75, 3.05) is 25.9 Å². The Balaban J connectivity index is 3.01. The normalized spacial score (nSPS) is 27.4. The number of hydrogen-bond acceptors (Lipinski definition) is 4. The van der Waals surface area contributed by atoms with E-state index in [2.05, 4.69) is 18.7 Å². The van der Waals surface area contributed by atoms with Crippen LogP contribution in [0, 0.1) is 0 Å². The summed E-state index contributed by atoms with van der Waals surface area (Å²) < 4.78 is 24.4. The molecule has 0 aliphatic heterocycles. The van der Waals surface area contributed by atoms with Gasteiger partial charge >= 0.3 is 0 Å². The lowest BCUT2D eigenvalue weighted by atomic mass is 9.93. The van der Waals surface area contributed by atoms with Crippen LogP contribution in [-0.4, -0.2) is 50.0 Å². The summed E-state index contributed by atoms with van der Waals surface area (Å²) in [6, 6.07) is 0. The Morgan fingerprint density at radius 1 is 1.20 bits per heavy atom. The van der Waals surface area contributed by atoms with Crippen molar-refractivity contribution in [3.05, 3.63) is 0 Å². The van der Waals surface area contributed by atoms with E-state index in [1.54, 1.807) is 0 Å². The number of unbranched alkanes of at least 4 members (excludes halogenated alkanes) is 2. The molecule has 120 valence electrons. The Hall–Kier alpha value is -0.130. The van der Waals surface area contributed by atoms with Crippen LogP contribution < -0.4 is 5.73 Å². The molecule has 5 heteroatoms. The number of nitrogens with zero attached hydrogens (tertiary/aromatic N) is 1. The number of rotatable bonds is 9. The van der Waals surface area contributed by atoms with Gasteiger partial charge in [-0.05, 0) is 38.8 Å². The fourth-order valence-corrected chi connectivity index (χ4v) is 5.37. The lowest BCUT2D eigenvalue weighted by Gasteiger charge is -2.44. The van der Waals surface area contributed by atoms with Crippen LogP contribution in [0.1, 0.15) is 58.8 Å². The Labute approximate surface area is 125 Å². The summed E-state index contributed by atoms with van der Waals surface area (Å²) in [5.74, 6) is 0. The second-order valence-electron chi connectivity index (χ2n) is 6.21. The molecule has 0 bridgehead atoms. The maximum atomic E-state index is 12.2. The lowest BCUT2D eigenvalue weighted by molar-refractivity contribution is 0.0974. The Kier molecular flexibility index (Phi) is 6.95.